The summed E-state index contributed by atoms with van der Waals surface area (Å²) in [7, 11) is 0. The van der Waals surface area contributed by atoms with E-state index in [4.69, 9.17) is 16.6 Å². The van der Waals surface area contributed by atoms with Crippen molar-refractivity contribution < 1.29 is 4.42 Å². The minimum atomic E-state index is 0.423. The van der Waals surface area contributed by atoms with Crippen molar-refractivity contribution in [3.63, 3.8) is 0 Å². The van der Waals surface area contributed by atoms with E-state index in [1.54, 1.807) is 4.68 Å². The van der Waals surface area contributed by atoms with Gasteiger partial charge < -0.3 is 4.42 Å². The number of piperidine rings is 1. The lowest BCUT2D eigenvalue weighted by molar-refractivity contribution is 0.138. The third-order valence-electron chi connectivity index (χ3n) is 5.12. The van der Waals surface area contributed by atoms with Gasteiger partial charge in [0.25, 0.3) is 4.84 Å². The third kappa shape index (κ3) is 4.57. The highest BCUT2D eigenvalue weighted by Gasteiger charge is 2.21. The molecule has 0 atom stereocenters. The molecule has 6 heteroatoms. The number of hydrogen-bond donors (Lipinski definition) is 0. The molecule has 0 saturated carbocycles. The molecule has 4 nitrogen and oxygen atoms in total. The van der Waals surface area contributed by atoms with Crippen LogP contribution in [-0.4, -0.2) is 27.8 Å². The molecule has 0 radical (unpaired) electrons. The highest BCUT2D eigenvalue weighted by molar-refractivity contribution is 9.10. The summed E-state index contributed by atoms with van der Waals surface area (Å²) in [6, 6.07) is 18.7. The Morgan fingerprint density at radius 1 is 1.04 bits per heavy atom. The number of halogens is 1. The van der Waals surface area contributed by atoms with Gasteiger partial charge in [-0.05, 0) is 71.0 Å². The first-order valence-corrected chi connectivity index (χ1v) is 10.5. The van der Waals surface area contributed by atoms with Crippen LogP contribution in [0, 0.1) is 10.8 Å². The summed E-state index contributed by atoms with van der Waals surface area (Å²) in [4.78, 5) is 2.83. The van der Waals surface area contributed by atoms with E-state index in [1.807, 2.05) is 24.3 Å². The Kier molecular flexibility index (Phi) is 5.86. The molecule has 0 N–H and O–H groups in total. The molecule has 0 unspecified atom stereocenters. The zero-order valence-electron chi connectivity index (χ0n) is 15.1. The zero-order chi connectivity index (χ0) is 18.6. The van der Waals surface area contributed by atoms with Crippen LogP contribution in [-0.2, 0) is 13.1 Å². The Morgan fingerprint density at radius 3 is 2.48 bits per heavy atom. The van der Waals surface area contributed by atoms with Gasteiger partial charge in [0.05, 0.1) is 12.2 Å². The number of nitrogens with zero attached hydrogens (tertiary/aromatic N) is 3. The number of aromatic nitrogens is 2. The Bertz CT molecular complexity index is 945. The summed E-state index contributed by atoms with van der Waals surface area (Å²) < 4.78 is 8.48. The maximum atomic E-state index is 5.73. The first-order valence-electron chi connectivity index (χ1n) is 9.28. The molecule has 0 amide bonds. The number of hydrogen-bond acceptors (Lipinski definition) is 4. The van der Waals surface area contributed by atoms with Crippen molar-refractivity contribution in [3.8, 4) is 11.5 Å². The van der Waals surface area contributed by atoms with Crippen molar-refractivity contribution in [2.45, 2.75) is 25.9 Å². The van der Waals surface area contributed by atoms with E-state index >= 15 is 0 Å². The number of rotatable bonds is 5. The minimum absolute atomic E-state index is 0.423. The fourth-order valence-corrected chi connectivity index (χ4v) is 4.24. The SMILES string of the molecule is S=c1oc(-c2ccccc2Br)nn1CN1CCC(Cc2ccccc2)CC1. The lowest BCUT2D eigenvalue weighted by atomic mass is 9.90. The van der Waals surface area contributed by atoms with E-state index in [1.165, 1.54) is 24.8 Å². The highest BCUT2D eigenvalue weighted by atomic mass is 79.9. The van der Waals surface area contributed by atoms with Crippen LogP contribution in [0.5, 0.6) is 0 Å². The van der Waals surface area contributed by atoms with Gasteiger partial charge in [0.15, 0.2) is 0 Å². The normalized spacial score (nSPS) is 15.9. The standard InChI is InChI=1S/C21H22BrN3OS/c22-19-9-5-4-8-18(19)20-23-25(21(27)26-20)15-24-12-10-17(11-13-24)14-16-6-2-1-3-7-16/h1-9,17H,10-15H2. The maximum absolute atomic E-state index is 5.73. The Balaban J connectivity index is 1.37. The first kappa shape index (κ1) is 18.6. The molecule has 1 aliphatic rings. The van der Waals surface area contributed by atoms with Crippen LogP contribution in [0.3, 0.4) is 0 Å². The average Bonchev–Trinajstić information content (AvgIpc) is 3.05. The molecular weight excluding hydrogens is 422 g/mol. The van der Waals surface area contributed by atoms with Gasteiger partial charge in [0.1, 0.15) is 0 Å². The summed E-state index contributed by atoms with van der Waals surface area (Å²) in [5.74, 6) is 1.32. The van der Waals surface area contributed by atoms with Gasteiger partial charge in [-0.15, -0.1) is 5.10 Å². The van der Waals surface area contributed by atoms with Gasteiger partial charge in [-0.3, -0.25) is 4.90 Å². The van der Waals surface area contributed by atoms with E-state index in [2.05, 4.69) is 56.3 Å². The van der Waals surface area contributed by atoms with E-state index in [9.17, 15) is 0 Å². The maximum Gasteiger partial charge on any atom is 0.288 e. The summed E-state index contributed by atoms with van der Waals surface area (Å²) >= 11 is 8.93. The highest BCUT2D eigenvalue weighted by Crippen LogP contribution is 2.27. The molecule has 27 heavy (non-hydrogen) atoms. The molecule has 3 aromatic rings. The lowest BCUT2D eigenvalue weighted by Crippen LogP contribution is -2.36. The van der Waals surface area contributed by atoms with Crippen LogP contribution in [0.15, 0.2) is 63.5 Å². The first-order chi connectivity index (χ1) is 13.2. The fourth-order valence-electron chi connectivity index (χ4n) is 3.61. The van der Waals surface area contributed by atoms with Gasteiger partial charge in [-0.1, -0.05) is 42.5 Å². The largest absolute Gasteiger partial charge is 0.409 e. The van der Waals surface area contributed by atoms with Gasteiger partial charge in [-0.2, -0.15) is 0 Å². The third-order valence-corrected chi connectivity index (χ3v) is 6.10. The molecule has 0 spiro atoms. The predicted molar refractivity (Wildman–Crippen MR) is 113 cm³/mol. The molecular formula is C21H22BrN3OS. The summed E-state index contributed by atoms with van der Waals surface area (Å²) in [5.41, 5.74) is 2.36. The van der Waals surface area contributed by atoms with E-state index in [0.29, 0.717) is 17.4 Å². The fraction of sp³-hybridized carbons (Fsp3) is 0.333. The van der Waals surface area contributed by atoms with Crippen LogP contribution in [0.2, 0.25) is 0 Å². The van der Waals surface area contributed by atoms with E-state index in [-0.39, 0.29) is 0 Å². The molecule has 2 heterocycles. The van der Waals surface area contributed by atoms with Crippen molar-refractivity contribution in [2.75, 3.05) is 13.1 Å². The second-order valence-electron chi connectivity index (χ2n) is 7.05. The molecule has 4 rings (SSSR count). The van der Waals surface area contributed by atoms with Crippen LogP contribution in [0.25, 0.3) is 11.5 Å². The molecule has 140 valence electrons. The van der Waals surface area contributed by atoms with E-state index < -0.39 is 0 Å². The molecule has 1 fully saturated rings. The second-order valence-corrected chi connectivity index (χ2v) is 8.25. The smallest absolute Gasteiger partial charge is 0.288 e. The molecule has 0 bridgehead atoms. The lowest BCUT2D eigenvalue weighted by Gasteiger charge is -2.31. The van der Waals surface area contributed by atoms with E-state index in [0.717, 1.165) is 29.0 Å². The Morgan fingerprint density at radius 2 is 1.74 bits per heavy atom. The predicted octanol–water partition coefficient (Wildman–Crippen LogP) is 5.55. The van der Waals surface area contributed by atoms with Gasteiger partial charge >= 0.3 is 0 Å². The quantitative estimate of drug-likeness (QED) is 0.484. The Labute approximate surface area is 172 Å². The summed E-state index contributed by atoms with van der Waals surface area (Å²) in [6.07, 6.45) is 3.58. The number of benzene rings is 2. The monoisotopic (exact) mass is 443 g/mol. The van der Waals surface area contributed by atoms with Gasteiger partial charge in [0, 0.05) is 17.6 Å². The van der Waals surface area contributed by atoms with Crippen LogP contribution >= 0.6 is 28.1 Å². The van der Waals surface area contributed by atoms with Crippen molar-refractivity contribution in [3.05, 3.63) is 69.5 Å². The summed E-state index contributed by atoms with van der Waals surface area (Å²) in [5, 5.41) is 4.60. The molecule has 0 aliphatic carbocycles. The van der Waals surface area contributed by atoms with Gasteiger partial charge in [0.2, 0.25) is 5.89 Å². The minimum Gasteiger partial charge on any atom is -0.409 e. The average molecular weight is 444 g/mol. The Hall–Kier alpha value is -1.76. The molecule has 1 aliphatic heterocycles. The summed E-state index contributed by atoms with van der Waals surface area (Å²) in [6.45, 7) is 2.82. The van der Waals surface area contributed by atoms with Crippen molar-refractivity contribution in [1.82, 2.24) is 14.7 Å². The molecule has 2 aromatic carbocycles. The second kappa shape index (κ2) is 8.50. The zero-order valence-corrected chi connectivity index (χ0v) is 17.5. The van der Waals surface area contributed by atoms with Crippen molar-refractivity contribution >= 4 is 28.1 Å². The van der Waals surface area contributed by atoms with Crippen LogP contribution in [0.4, 0.5) is 0 Å². The van der Waals surface area contributed by atoms with Crippen LogP contribution < -0.4 is 0 Å². The van der Waals surface area contributed by atoms with Gasteiger partial charge in [-0.25, -0.2) is 4.68 Å². The van der Waals surface area contributed by atoms with Crippen molar-refractivity contribution in [1.29, 1.82) is 0 Å². The van der Waals surface area contributed by atoms with Crippen LogP contribution in [0.1, 0.15) is 18.4 Å². The van der Waals surface area contributed by atoms with Crippen molar-refractivity contribution in [2.24, 2.45) is 5.92 Å². The number of likely N-dealkylation sites (tertiary alicyclic amines) is 1. The molecule has 1 aromatic heterocycles. The molecule has 1 saturated heterocycles. The topological polar surface area (TPSA) is 34.2 Å².